The van der Waals surface area contributed by atoms with Gasteiger partial charge in [0, 0.05) is 0 Å². The number of benzene rings is 3. The van der Waals surface area contributed by atoms with Gasteiger partial charge in [0.15, 0.2) is 0 Å². The summed E-state index contributed by atoms with van der Waals surface area (Å²) >= 11 is -3.56. The summed E-state index contributed by atoms with van der Waals surface area (Å²) in [6.45, 7) is 7.31. The van der Waals surface area contributed by atoms with E-state index in [-0.39, 0.29) is 42.4 Å². The minimum atomic E-state index is -3.56. The molecule has 3 aromatic rings. The van der Waals surface area contributed by atoms with Crippen molar-refractivity contribution in [2.75, 3.05) is 19.8 Å². The number of rotatable bonds is 7. The molecule has 41 heavy (non-hydrogen) atoms. The second-order valence-electron chi connectivity index (χ2n) is 13.6. The van der Waals surface area contributed by atoms with Crippen LogP contribution in [0.3, 0.4) is 0 Å². The van der Waals surface area contributed by atoms with E-state index in [9.17, 15) is 4.79 Å². The summed E-state index contributed by atoms with van der Waals surface area (Å²) in [5.41, 5.74) is -0.530. The Bertz CT molecular complexity index is 1280. The Balaban J connectivity index is 1.28. The molecule has 3 heterocycles. The number of carbonyl (C=O) groups is 1. The molecule has 0 aromatic heterocycles. The van der Waals surface area contributed by atoms with Gasteiger partial charge in [-0.1, -0.05) is 0 Å². The van der Waals surface area contributed by atoms with Crippen LogP contribution in [0.4, 0.5) is 0 Å². The van der Waals surface area contributed by atoms with Crippen molar-refractivity contribution in [3.05, 3.63) is 91.0 Å². The first-order valence-electron chi connectivity index (χ1n) is 15.0. The summed E-state index contributed by atoms with van der Waals surface area (Å²) in [6, 6.07) is 33.9. The van der Waals surface area contributed by atoms with E-state index in [2.05, 4.69) is 91.0 Å². The van der Waals surface area contributed by atoms with Gasteiger partial charge in [-0.3, -0.25) is 0 Å². The van der Waals surface area contributed by atoms with Gasteiger partial charge in [-0.2, -0.15) is 0 Å². The summed E-state index contributed by atoms with van der Waals surface area (Å²) in [7, 11) is 0. The Kier molecular flexibility index (Phi) is 7.08. The van der Waals surface area contributed by atoms with Crippen molar-refractivity contribution in [1.82, 2.24) is 0 Å². The number of hydrogen-bond donors (Lipinski definition) is 0. The molecule has 0 spiro atoms. The van der Waals surface area contributed by atoms with Crippen LogP contribution in [0, 0.1) is 28.6 Å². The number of carbonyl (C=O) groups excluding carboxylic acids is 1. The monoisotopic (exact) mass is 660 g/mol. The summed E-state index contributed by atoms with van der Waals surface area (Å²) in [4.78, 5) is 12.6. The van der Waals surface area contributed by atoms with Crippen LogP contribution >= 0.6 is 0 Å². The average Bonchev–Trinajstić information content (AvgIpc) is 3.65. The van der Waals surface area contributed by atoms with Gasteiger partial charge in [-0.05, 0) is 0 Å². The molecule has 3 aromatic carbocycles. The van der Waals surface area contributed by atoms with E-state index in [1.165, 1.54) is 10.7 Å². The van der Waals surface area contributed by atoms with Crippen LogP contribution in [0.15, 0.2) is 91.0 Å². The molecule has 0 bridgehead atoms. The van der Waals surface area contributed by atoms with E-state index < -0.39 is 23.8 Å². The maximum absolute atomic E-state index is 12.6. The molecule has 4 aliphatic rings. The second kappa shape index (κ2) is 10.5. The van der Waals surface area contributed by atoms with Crippen LogP contribution in [-0.4, -0.2) is 62.7 Å². The van der Waals surface area contributed by atoms with E-state index in [0.717, 1.165) is 17.5 Å². The van der Waals surface area contributed by atoms with E-state index >= 15 is 0 Å². The Morgan fingerprint density at radius 2 is 1.44 bits per heavy atom. The quantitative estimate of drug-likeness (QED) is 0.282. The predicted octanol–water partition coefficient (Wildman–Crippen LogP) is 4.14. The van der Waals surface area contributed by atoms with Crippen LogP contribution < -0.4 is 10.7 Å². The third kappa shape index (κ3) is 4.59. The molecule has 1 aliphatic carbocycles. The van der Waals surface area contributed by atoms with Crippen LogP contribution in [0.25, 0.3) is 0 Å². The zero-order chi connectivity index (χ0) is 28.2. The summed E-state index contributed by atoms with van der Waals surface area (Å²) in [5.74, 6) is 0.911. The molecule has 4 fully saturated rings. The molecule has 0 amide bonds. The normalized spacial score (nSPS) is 32.1. The van der Waals surface area contributed by atoms with E-state index in [4.69, 9.17) is 18.9 Å². The molecule has 1 saturated carbocycles. The van der Waals surface area contributed by atoms with Crippen molar-refractivity contribution in [2.45, 2.75) is 50.1 Å². The standard InChI is InChI=1S/C17H25O5.3C6H5.Sn/c1-16(2,3)15(18)20-7-10-13-11-9(6-19-13)5-17(4)8-21-14(22-10)12(11)17;3*1-2-4-6-5-3-1;/h9-14H,4-8H2,1-3H3;3*1-5H;/t9-,10-,11+,12-,13-,14+,17+;;;;/m1..../s1. The Morgan fingerprint density at radius 3 is 1.98 bits per heavy atom. The first kappa shape index (κ1) is 27.6. The molecule has 214 valence electrons. The van der Waals surface area contributed by atoms with Gasteiger partial charge in [0.25, 0.3) is 0 Å². The molecule has 0 N–H and O–H groups in total. The summed E-state index contributed by atoms with van der Waals surface area (Å²) in [6.07, 6.45) is 0.454. The van der Waals surface area contributed by atoms with Crippen molar-refractivity contribution in [3.8, 4) is 0 Å². The third-order valence-electron chi connectivity index (χ3n) is 10.1. The predicted molar refractivity (Wildman–Crippen MR) is 161 cm³/mol. The molecular formula is C35H40O5Sn. The van der Waals surface area contributed by atoms with Gasteiger partial charge < -0.3 is 0 Å². The molecule has 0 unspecified atom stereocenters. The molecular weight excluding hydrogens is 619 g/mol. The molecule has 7 rings (SSSR count). The number of ether oxygens (including phenoxy) is 4. The number of esters is 1. The van der Waals surface area contributed by atoms with E-state index in [1.54, 1.807) is 0 Å². The zero-order valence-electron chi connectivity index (χ0n) is 24.2. The molecule has 3 saturated heterocycles. The SMILES string of the molecule is CC(C)(C)C(=O)OC[C@H]1O[C@@H]2OC[C@]3([CH2][Sn]([c]4ccccc4)([c]4ccccc4)[c]4ccccc4)C[C@@H]4CO[C@H]1[C@@H]4[C@H]23. The molecule has 6 heteroatoms. The molecule has 5 nitrogen and oxygen atoms in total. The first-order chi connectivity index (χ1) is 19.8. The Labute approximate surface area is 247 Å². The van der Waals surface area contributed by atoms with Crippen molar-refractivity contribution >= 4 is 35.1 Å². The van der Waals surface area contributed by atoms with Crippen LogP contribution in [0.1, 0.15) is 27.2 Å². The topological polar surface area (TPSA) is 54.0 Å². The fourth-order valence-electron chi connectivity index (χ4n) is 8.44. The molecule has 3 aliphatic heterocycles. The van der Waals surface area contributed by atoms with Crippen molar-refractivity contribution in [1.29, 1.82) is 0 Å². The first-order valence-corrected chi connectivity index (χ1v) is 21.3. The second-order valence-corrected chi connectivity index (χ2v) is 24.7. The van der Waals surface area contributed by atoms with Gasteiger partial charge in [-0.15, -0.1) is 0 Å². The van der Waals surface area contributed by atoms with Crippen LogP contribution in [0.5, 0.6) is 0 Å². The molecule has 7 atom stereocenters. The Morgan fingerprint density at radius 1 is 0.878 bits per heavy atom. The fourth-order valence-corrected chi connectivity index (χ4v) is 24.0. The van der Waals surface area contributed by atoms with E-state index in [0.29, 0.717) is 18.4 Å². The van der Waals surface area contributed by atoms with Gasteiger partial charge in [0.05, 0.1) is 0 Å². The summed E-state index contributed by atoms with van der Waals surface area (Å²) < 4.78 is 31.0. The summed E-state index contributed by atoms with van der Waals surface area (Å²) in [5, 5.41) is 0. The van der Waals surface area contributed by atoms with Gasteiger partial charge in [0.1, 0.15) is 0 Å². The Hall–Kier alpha value is -2.19. The zero-order valence-corrected chi connectivity index (χ0v) is 27.1. The van der Waals surface area contributed by atoms with Gasteiger partial charge in [0.2, 0.25) is 0 Å². The van der Waals surface area contributed by atoms with Gasteiger partial charge in [-0.25, -0.2) is 0 Å². The van der Waals surface area contributed by atoms with Crippen LogP contribution in [-0.2, 0) is 23.7 Å². The van der Waals surface area contributed by atoms with E-state index in [1.807, 2.05) is 20.8 Å². The van der Waals surface area contributed by atoms with Crippen molar-refractivity contribution < 1.29 is 23.7 Å². The maximum atomic E-state index is 12.6. The number of hydrogen-bond acceptors (Lipinski definition) is 5. The average molecular weight is 659 g/mol. The van der Waals surface area contributed by atoms with Crippen LogP contribution in [0.2, 0.25) is 4.44 Å². The van der Waals surface area contributed by atoms with Crippen molar-refractivity contribution in [3.63, 3.8) is 0 Å². The third-order valence-corrected chi connectivity index (χ3v) is 24.9. The molecule has 0 radical (unpaired) electrons. The minimum absolute atomic E-state index is 0.0205. The van der Waals surface area contributed by atoms with Crippen molar-refractivity contribution in [2.24, 2.45) is 28.6 Å². The van der Waals surface area contributed by atoms with Gasteiger partial charge >= 0.3 is 248 Å². The fraction of sp³-hybridized carbons (Fsp3) is 0.457.